The highest BCUT2D eigenvalue weighted by atomic mass is 16.5. The Balaban J connectivity index is 2.16. The van der Waals surface area contributed by atoms with E-state index in [9.17, 15) is 15.0 Å². The second-order valence-corrected chi connectivity index (χ2v) is 4.81. The zero-order chi connectivity index (χ0) is 13.3. The van der Waals surface area contributed by atoms with Crippen LogP contribution in [0.5, 0.6) is 17.2 Å². The smallest absolute Gasteiger partial charge is 0.313 e. The van der Waals surface area contributed by atoms with Gasteiger partial charge in [0.05, 0.1) is 0 Å². The lowest BCUT2D eigenvalue weighted by Crippen LogP contribution is -2.43. The monoisotopic (exact) mass is 252 g/mol. The van der Waals surface area contributed by atoms with Crippen molar-refractivity contribution in [1.29, 1.82) is 0 Å². The minimum atomic E-state index is -0.869. The summed E-state index contributed by atoms with van der Waals surface area (Å²) in [5, 5.41) is 28.2. The Bertz CT molecular complexity index is 477. The van der Waals surface area contributed by atoms with Gasteiger partial charge in [-0.25, -0.2) is 0 Å². The minimum absolute atomic E-state index is 0.0141. The summed E-state index contributed by atoms with van der Waals surface area (Å²) in [6.45, 7) is 1.74. The van der Waals surface area contributed by atoms with Crippen molar-refractivity contribution in [2.45, 2.75) is 26.2 Å². The van der Waals surface area contributed by atoms with Crippen LogP contribution in [0, 0.1) is 12.3 Å². The van der Waals surface area contributed by atoms with Gasteiger partial charge in [0.15, 0.2) is 11.5 Å². The predicted octanol–water partition coefficient (Wildman–Crippen LogP) is 2.04. The van der Waals surface area contributed by atoms with Crippen LogP contribution in [0.15, 0.2) is 12.1 Å². The Morgan fingerprint density at radius 1 is 1.39 bits per heavy atom. The normalized spacial score (nSPS) is 16.9. The van der Waals surface area contributed by atoms with Crippen molar-refractivity contribution in [2.75, 3.05) is 6.61 Å². The van der Waals surface area contributed by atoms with Crippen LogP contribution < -0.4 is 4.74 Å². The molecule has 0 atom stereocenters. The Hall–Kier alpha value is -1.91. The van der Waals surface area contributed by atoms with Gasteiger partial charge < -0.3 is 20.1 Å². The van der Waals surface area contributed by atoms with E-state index in [1.165, 1.54) is 6.07 Å². The molecule has 98 valence electrons. The first-order valence-electron chi connectivity index (χ1n) is 5.84. The number of aromatic hydroxyl groups is 2. The molecule has 0 radical (unpaired) electrons. The van der Waals surface area contributed by atoms with Gasteiger partial charge in [-0.05, 0) is 31.4 Å². The van der Waals surface area contributed by atoms with Crippen molar-refractivity contribution in [3.8, 4) is 17.2 Å². The third-order valence-electron chi connectivity index (χ3n) is 3.56. The first kappa shape index (κ1) is 12.5. The van der Waals surface area contributed by atoms with E-state index in [0.717, 1.165) is 6.42 Å². The molecule has 2 rings (SSSR count). The fraction of sp³-hybridized carbons (Fsp3) is 0.462. The van der Waals surface area contributed by atoms with E-state index >= 15 is 0 Å². The number of carboxylic acid groups (broad SMARTS) is 1. The molecule has 5 heteroatoms. The Kier molecular flexibility index (Phi) is 3.07. The molecule has 1 aromatic carbocycles. The van der Waals surface area contributed by atoms with Crippen molar-refractivity contribution >= 4 is 5.97 Å². The highest BCUT2D eigenvalue weighted by Crippen LogP contribution is 2.44. The van der Waals surface area contributed by atoms with Crippen molar-refractivity contribution in [1.82, 2.24) is 0 Å². The summed E-state index contributed by atoms with van der Waals surface area (Å²) in [7, 11) is 0. The number of aliphatic carboxylic acids is 1. The van der Waals surface area contributed by atoms with Crippen molar-refractivity contribution in [2.24, 2.45) is 5.41 Å². The zero-order valence-electron chi connectivity index (χ0n) is 10.1. The Labute approximate surface area is 105 Å². The SMILES string of the molecule is Cc1ccc(O)c(O)c1OCC1(C(=O)O)CCC1. The lowest BCUT2D eigenvalue weighted by molar-refractivity contribution is -0.157. The van der Waals surface area contributed by atoms with Gasteiger partial charge in [0.25, 0.3) is 0 Å². The zero-order valence-corrected chi connectivity index (χ0v) is 10.1. The summed E-state index contributed by atoms with van der Waals surface area (Å²) in [6, 6.07) is 2.98. The maximum Gasteiger partial charge on any atom is 0.313 e. The maximum atomic E-state index is 11.2. The molecule has 0 amide bonds. The number of carboxylic acids is 1. The molecule has 3 N–H and O–H groups in total. The fourth-order valence-electron chi connectivity index (χ4n) is 2.08. The molecule has 1 aliphatic carbocycles. The van der Waals surface area contributed by atoms with Crippen LogP contribution in [0.2, 0.25) is 0 Å². The fourth-order valence-corrected chi connectivity index (χ4v) is 2.08. The highest BCUT2D eigenvalue weighted by molar-refractivity contribution is 5.76. The number of benzene rings is 1. The molecule has 1 aromatic rings. The molecule has 1 fully saturated rings. The number of ether oxygens (including phenoxy) is 1. The molecule has 18 heavy (non-hydrogen) atoms. The van der Waals surface area contributed by atoms with Crippen molar-refractivity contribution in [3.63, 3.8) is 0 Å². The molecule has 1 saturated carbocycles. The lowest BCUT2D eigenvalue weighted by atomic mass is 9.69. The van der Waals surface area contributed by atoms with Gasteiger partial charge in [-0.3, -0.25) is 4.79 Å². The van der Waals surface area contributed by atoms with E-state index in [1.54, 1.807) is 13.0 Å². The number of hydrogen-bond donors (Lipinski definition) is 3. The summed E-state index contributed by atoms with van der Waals surface area (Å²) < 4.78 is 5.43. The van der Waals surface area contributed by atoms with E-state index in [4.69, 9.17) is 9.84 Å². The number of hydrogen-bond acceptors (Lipinski definition) is 4. The van der Waals surface area contributed by atoms with Gasteiger partial charge in [0.2, 0.25) is 5.75 Å². The average Bonchev–Trinajstić information content (AvgIpc) is 2.26. The number of carbonyl (C=O) groups is 1. The number of aryl methyl sites for hydroxylation is 1. The molecule has 0 spiro atoms. The molecule has 0 heterocycles. The summed E-state index contributed by atoms with van der Waals surface area (Å²) in [5.41, 5.74) is -0.185. The maximum absolute atomic E-state index is 11.2. The van der Waals surface area contributed by atoms with Gasteiger partial charge in [-0.1, -0.05) is 12.5 Å². The van der Waals surface area contributed by atoms with E-state index in [-0.39, 0.29) is 23.9 Å². The summed E-state index contributed by atoms with van der Waals surface area (Å²) in [6.07, 6.45) is 2.04. The Morgan fingerprint density at radius 2 is 2.06 bits per heavy atom. The largest absolute Gasteiger partial charge is 0.504 e. The van der Waals surface area contributed by atoms with Crippen LogP contribution in [0.3, 0.4) is 0 Å². The average molecular weight is 252 g/mol. The first-order valence-corrected chi connectivity index (χ1v) is 5.84. The van der Waals surface area contributed by atoms with Crippen LogP contribution in [0.25, 0.3) is 0 Å². The van der Waals surface area contributed by atoms with E-state index in [1.807, 2.05) is 0 Å². The van der Waals surface area contributed by atoms with Gasteiger partial charge in [0, 0.05) is 0 Å². The molecule has 0 bridgehead atoms. The Morgan fingerprint density at radius 3 is 2.56 bits per heavy atom. The quantitative estimate of drug-likeness (QED) is 0.714. The standard InChI is InChI=1S/C13H16O5/c1-8-3-4-9(14)10(15)11(8)18-7-13(12(16)17)5-2-6-13/h3-4,14-15H,2,5-7H2,1H3,(H,16,17). The van der Waals surface area contributed by atoms with E-state index < -0.39 is 11.4 Å². The molecule has 0 saturated heterocycles. The van der Waals surface area contributed by atoms with Crippen molar-refractivity contribution in [3.05, 3.63) is 17.7 Å². The lowest BCUT2D eigenvalue weighted by Gasteiger charge is -2.37. The summed E-state index contributed by atoms with van der Waals surface area (Å²) in [4.78, 5) is 11.2. The number of phenolic OH excluding ortho intramolecular Hbond substituents is 2. The van der Waals surface area contributed by atoms with E-state index in [0.29, 0.717) is 18.4 Å². The van der Waals surface area contributed by atoms with Crippen LogP contribution >= 0.6 is 0 Å². The summed E-state index contributed by atoms with van der Waals surface area (Å²) >= 11 is 0. The first-order chi connectivity index (χ1) is 8.46. The molecule has 0 unspecified atom stereocenters. The van der Waals surface area contributed by atoms with Gasteiger partial charge in [-0.2, -0.15) is 0 Å². The molecule has 1 aliphatic rings. The van der Waals surface area contributed by atoms with Crippen LogP contribution in [0.1, 0.15) is 24.8 Å². The van der Waals surface area contributed by atoms with Crippen LogP contribution in [0.4, 0.5) is 0 Å². The molecule has 0 aromatic heterocycles. The summed E-state index contributed by atoms with van der Waals surface area (Å²) in [5.74, 6) is -1.32. The van der Waals surface area contributed by atoms with Crippen LogP contribution in [-0.4, -0.2) is 27.9 Å². The third kappa shape index (κ3) is 1.96. The third-order valence-corrected chi connectivity index (χ3v) is 3.56. The molecule has 0 aliphatic heterocycles. The highest BCUT2D eigenvalue weighted by Gasteiger charge is 2.45. The van der Waals surface area contributed by atoms with Gasteiger partial charge in [-0.15, -0.1) is 0 Å². The van der Waals surface area contributed by atoms with Crippen LogP contribution in [-0.2, 0) is 4.79 Å². The van der Waals surface area contributed by atoms with Gasteiger partial charge in [0.1, 0.15) is 12.0 Å². The minimum Gasteiger partial charge on any atom is -0.504 e. The second kappa shape index (κ2) is 4.40. The van der Waals surface area contributed by atoms with Crippen molar-refractivity contribution < 1.29 is 24.9 Å². The predicted molar refractivity (Wildman–Crippen MR) is 63.9 cm³/mol. The molecular formula is C13H16O5. The topological polar surface area (TPSA) is 87.0 Å². The molecule has 5 nitrogen and oxygen atoms in total. The number of phenols is 2. The molecular weight excluding hydrogens is 236 g/mol. The van der Waals surface area contributed by atoms with E-state index in [2.05, 4.69) is 0 Å². The van der Waals surface area contributed by atoms with Gasteiger partial charge >= 0.3 is 5.97 Å². The second-order valence-electron chi connectivity index (χ2n) is 4.81. The number of rotatable bonds is 4.